The van der Waals surface area contributed by atoms with E-state index in [2.05, 4.69) is 0 Å². The normalized spacial score (nSPS) is 26.9. The topological polar surface area (TPSA) is 38.7 Å². The maximum atomic E-state index is 9.91. The van der Waals surface area contributed by atoms with Gasteiger partial charge < -0.3 is 14.2 Å². The zero-order valence-electron chi connectivity index (χ0n) is 9.92. The molecule has 0 aromatic rings. The van der Waals surface area contributed by atoms with Gasteiger partial charge in [-0.1, -0.05) is 24.2 Å². The molecule has 0 bridgehead atoms. The molecule has 0 spiro atoms. The van der Waals surface area contributed by atoms with Crippen molar-refractivity contribution in [2.45, 2.75) is 50.9 Å². The van der Waals surface area contributed by atoms with E-state index in [1.165, 1.54) is 6.42 Å². The Morgan fingerprint density at radius 3 is 2.31 bits per heavy atom. The molecule has 0 saturated heterocycles. The summed E-state index contributed by atoms with van der Waals surface area (Å²) in [5.74, 6) is 0. The zero-order valence-corrected chi connectivity index (χ0v) is 12.5. The monoisotopic (exact) mass is 284 g/mol. The Morgan fingerprint density at radius 2 is 1.81 bits per heavy atom. The van der Waals surface area contributed by atoms with Crippen molar-refractivity contribution in [2.24, 2.45) is 0 Å². The molecule has 16 heavy (non-hydrogen) atoms. The van der Waals surface area contributed by atoms with Crippen LogP contribution >= 0.6 is 17.1 Å². The highest BCUT2D eigenvalue weighted by atomic mass is 32.9. The summed E-state index contributed by atoms with van der Waals surface area (Å²) < 4.78 is 11.2. The first-order chi connectivity index (χ1) is 7.61. The van der Waals surface area contributed by atoms with Gasteiger partial charge in [-0.25, -0.2) is 0 Å². The molecule has 0 radical (unpaired) electrons. The highest BCUT2D eigenvalue weighted by molar-refractivity contribution is 8.68. The Bertz CT molecular complexity index is 240. The lowest BCUT2D eigenvalue weighted by Gasteiger charge is -2.31. The quantitative estimate of drug-likeness (QED) is 0.757. The van der Waals surface area contributed by atoms with E-state index in [0.717, 1.165) is 19.3 Å². The Labute approximate surface area is 107 Å². The number of hydrogen-bond acceptors (Lipinski definition) is 5. The van der Waals surface area contributed by atoms with Gasteiger partial charge in [-0.05, 0) is 38.5 Å². The number of rotatable bonds is 6. The molecule has 2 atom stereocenters. The van der Waals surface area contributed by atoms with Gasteiger partial charge in [0.2, 0.25) is 5.69 Å². The highest BCUT2D eigenvalue weighted by Gasteiger charge is 2.31. The highest BCUT2D eigenvalue weighted by Crippen LogP contribution is 2.64. The SMILES string of the molecule is CCOP(=S)(OCC)S[C@@H]1CCCC[C@H]1O. The molecular weight excluding hydrogens is 263 g/mol. The average molecular weight is 284 g/mol. The second-order valence-electron chi connectivity index (χ2n) is 3.78. The molecule has 0 unspecified atom stereocenters. The summed E-state index contributed by atoms with van der Waals surface area (Å²) in [6.07, 6.45) is 3.93. The van der Waals surface area contributed by atoms with Gasteiger partial charge in [-0.15, -0.1) is 0 Å². The number of aliphatic hydroxyl groups is 1. The van der Waals surface area contributed by atoms with Crippen LogP contribution in [-0.2, 0) is 20.9 Å². The Balaban J connectivity index is 2.55. The molecule has 0 aromatic carbocycles. The summed E-state index contributed by atoms with van der Waals surface area (Å²) in [6, 6.07) is 0. The van der Waals surface area contributed by atoms with E-state index in [0.29, 0.717) is 13.2 Å². The van der Waals surface area contributed by atoms with Gasteiger partial charge in [0, 0.05) is 5.25 Å². The minimum Gasteiger partial charge on any atom is -0.392 e. The van der Waals surface area contributed by atoms with Crippen LogP contribution in [0.4, 0.5) is 0 Å². The Hall–Kier alpha value is 0.880. The van der Waals surface area contributed by atoms with Gasteiger partial charge in [0.25, 0.3) is 0 Å². The second kappa shape index (κ2) is 7.34. The molecule has 1 fully saturated rings. The summed E-state index contributed by atoms with van der Waals surface area (Å²) in [5.41, 5.74) is -2.24. The van der Waals surface area contributed by atoms with Crippen LogP contribution in [0.3, 0.4) is 0 Å². The van der Waals surface area contributed by atoms with E-state index in [9.17, 15) is 5.11 Å². The van der Waals surface area contributed by atoms with Crippen LogP contribution in [0, 0.1) is 0 Å². The molecule has 0 heterocycles. The van der Waals surface area contributed by atoms with Crippen molar-refractivity contribution >= 4 is 28.9 Å². The fraction of sp³-hybridized carbons (Fsp3) is 1.00. The van der Waals surface area contributed by atoms with Crippen LogP contribution < -0.4 is 0 Å². The Kier molecular flexibility index (Phi) is 6.86. The van der Waals surface area contributed by atoms with Crippen LogP contribution in [0.2, 0.25) is 0 Å². The number of hydrogen-bond donors (Lipinski definition) is 1. The lowest BCUT2D eigenvalue weighted by atomic mass is 9.97. The first kappa shape index (κ1) is 14.9. The maximum absolute atomic E-state index is 9.91. The molecule has 6 heteroatoms. The van der Waals surface area contributed by atoms with Crippen LogP contribution in [0.5, 0.6) is 0 Å². The van der Waals surface area contributed by atoms with Gasteiger partial charge in [0.05, 0.1) is 19.3 Å². The molecule has 96 valence electrons. The predicted octanol–water partition coefficient (Wildman–Crippen LogP) is 3.32. The first-order valence-corrected chi connectivity index (χ1v) is 9.99. The van der Waals surface area contributed by atoms with E-state index >= 15 is 0 Å². The minimum absolute atomic E-state index is 0.192. The maximum Gasteiger partial charge on any atom is 0.247 e. The van der Waals surface area contributed by atoms with Crippen molar-refractivity contribution in [1.82, 2.24) is 0 Å². The molecule has 1 N–H and O–H groups in total. The van der Waals surface area contributed by atoms with Gasteiger partial charge in [-0.2, -0.15) is 0 Å². The first-order valence-electron chi connectivity index (χ1n) is 5.87. The third-order valence-corrected chi connectivity index (χ3v) is 8.36. The molecule has 0 amide bonds. The summed E-state index contributed by atoms with van der Waals surface area (Å²) in [4.78, 5) is 0. The van der Waals surface area contributed by atoms with E-state index in [1.807, 2.05) is 13.8 Å². The Morgan fingerprint density at radius 1 is 1.25 bits per heavy atom. The molecule has 1 aliphatic rings. The average Bonchev–Trinajstić information content (AvgIpc) is 2.22. The summed E-state index contributed by atoms with van der Waals surface area (Å²) >= 11 is 7.01. The lowest BCUT2D eigenvalue weighted by molar-refractivity contribution is 0.137. The minimum atomic E-state index is -2.24. The van der Waals surface area contributed by atoms with Gasteiger partial charge >= 0.3 is 0 Å². The predicted molar refractivity (Wildman–Crippen MR) is 73.4 cm³/mol. The molecule has 1 saturated carbocycles. The second-order valence-corrected chi connectivity index (χ2v) is 10.2. The lowest BCUT2D eigenvalue weighted by Crippen LogP contribution is -2.26. The number of aliphatic hydroxyl groups excluding tert-OH is 1. The molecule has 3 nitrogen and oxygen atoms in total. The smallest absolute Gasteiger partial charge is 0.247 e. The largest absolute Gasteiger partial charge is 0.392 e. The van der Waals surface area contributed by atoms with Crippen LogP contribution in [0.25, 0.3) is 0 Å². The third-order valence-electron chi connectivity index (χ3n) is 2.51. The zero-order chi connectivity index (χ0) is 12.0. The van der Waals surface area contributed by atoms with Crippen molar-refractivity contribution in [3.8, 4) is 0 Å². The fourth-order valence-electron chi connectivity index (χ4n) is 1.78. The van der Waals surface area contributed by atoms with Gasteiger partial charge in [0.1, 0.15) is 0 Å². The van der Waals surface area contributed by atoms with Gasteiger partial charge in [0.15, 0.2) is 0 Å². The molecule has 1 aliphatic carbocycles. The third kappa shape index (κ3) is 4.63. The van der Waals surface area contributed by atoms with E-state index in [1.54, 1.807) is 11.4 Å². The fourth-order valence-corrected chi connectivity index (χ4v) is 7.85. The van der Waals surface area contributed by atoms with Crippen molar-refractivity contribution in [2.75, 3.05) is 13.2 Å². The van der Waals surface area contributed by atoms with Crippen LogP contribution in [0.1, 0.15) is 39.5 Å². The molecule has 0 aromatic heterocycles. The standard InChI is InChI=1S/C10H21O3PS2/c1-3-12-14(15,13-4-2)16-10-8-6-5-7-9(10)11/h9-11H,3-8H2,1-2H3/t9-,10-/m1/s1. The molecular formula is C10H21O3PS2. The van der Waals surface area contributed by atoms with Crippen molar-refractivity contribution in [1.29, 1.82) is 0 Å². The van der Waals surface area contributed by atoms with Crippen LogP contribution in [-0.4, -0.2) is 29.7 Å². The molecule has 1 rings (SSSR count). The van der Waals surface area contributed by atoms with Gasteiger partial charge in [-0.3, -0.25) is 0 Å². The summed E-state index contributed by atoms with van der Waals surface area (Å²) in [7, 11) is 0. The molecule has 0 aliphatic heterocycles. The van der Waals surface area contributed by atoms with Crippen molar-refractivity contribution < 1.29 is 14.2 Å². The van der Waals surface area contributed by atoms with E-state index < -0.39 is 5.69 Å². The van der Waals surface area contributed by atoms with E-state index in [-0.39, 0.29) is 11.4 Å². The summed E-state index contributed by atoms with van der Waals surface area (Å²) in [5, 5.41) is 10.1. The van der Waals surface area contributed by atoms with Crippen molar-refractivity contribution in [3.05, 3.63) is 0 Å². The van der Waals surface area contributed by atoms with E-state index in [4.69, 9.17) is 20.9 Å². The van der Waals surface area contributed by atoms with Crippen LogP contribution in [0.15, 0.2) is 0 Å². The van der Waals surface area contributed by atoms with Crippen molar-refractivity contribution in [3.63, 3.8) is 0 Å². The summed E-state index contributed by atoms with van der Waals surface area (Å²) in [6.45, 7) is 5.01.